The van der Waals surface area contributed by atoms with Crippen molar-refractivity contribution in [3.05, 3.63) is 12.2 Å². The first-order chi connectivity index (χ1) is 6.95. The van der Waals surface area contributed by atoms with Crippen molar-refractivity contribution in [2.24, 2.45) is 0 Å². The second-order valence-electron chi connectivity index (χ2n) is 4.18. The van der Waals surface area contributed by atoms with Gasteiger partial charge in [-0.3, -0.25) is 4.90 Å². The van der Waals surface area contributed by atoms with Crippen molar-refractivity contribution in [1.29, 1.82) is 0 Å². The summed E-state index contributed by atoms with van der Waals surface area (Å²) in [5, 5.41) is 3.38. The Labute approximate surface area is 86.8 Å². The van der Waals surface area contributed by atoms with E-state index in [1.54, 1.807) is 0 Å². The zero-order valence-electron chi connectivity index (χ0n) is 8.91. The molecule has 0 radical (unpaired) electrons. The molecule has 2 aliphatic heterocycles. The van der Waals surface area contributed by atoms with Crippen LogP contribution in [0.4, 0.5) is 0 Å². The Kier molecular flexibility index (Phi) is 3.98. The lowest BCUT2D eigenvalue weighted by Gasteiger charge is -2.27. The number of nitrogens with zero attached hydrogens (tertiary/aromatic N) is 2. The average molecular weight is 195 g/mol. The van der Waals surface area contributed by atoms with Crippen LogP contribution in [0.5, 0.6) is 0 Å². The summed E-state index contributed by atoms with van der Waals surface area (Å²) in [6.07, 6.45) is 5.86. The van der Waals surface area contributed by atoms with Gasteiger partial charge in [0.05, 0.1) is 0 Å². The van der Waals surface area contributed by atoms with E-state index in [0.717, 1.165) is 0 Å². The van der Waals surface area contributed by atoms with E-state index >= 15 is 0 Å². The predicted octanol–water partition coefficient (Wildman–Crippen LogP) is 0.154. The topological polar surface area (TPSA) is 18.5 Å². The summed E-state index contributed by atoms with van der Waals surface area (Å²) in [6.45, 7) is 9.69. The molecule has 0 aromatic carbocycles. The molecule has 0 unspecified atom stereocenters. The lowest BCUT2D eigenvalue weighted by molar-refractivity contribution is 0.223. The fourth-order valence-electron chi connectivity index (χ4n) is 2.16. The van der Waals surface area contributed by atoms with Gasteiger partial charge in [-0.05, 0) is 13.0 Å². The van der Waals surface area contributed by atoms with Crippen LogP contribution in [0.2, 0.25) is 0 Å². The maximum atomic E-state index is 3.38. The molecule has 0 aromatic rings. The molecule has 0 saturated carbocycles. The smallest absolute Gasteiger partial charge is 0.0166 e. The number of rotatable bonds is 4. The van der Waals surface area contributed by atoms with Gasteiger partial charge in [0.2, 0.25) is 0 Å². The van der Waals surface area contributed by atoms with Crippen molar-refractivity contribution in [1.82, 2.24) is 15.1 Å². The Bertz CT molecular complexity index is 177. The quantitative estimate of drug-likeness (QED) is 0.644. The molecule has 0 aromatic heterocycles. The van der Waals surface area contributed by atoms with Crippen molar-refractivity contribution < 1.29 is 0 Å². The van der Waals surface area contributed by atoms with E-state index in [4.69, 9.17) is 0 Å². The third-order valence-electron chi connectivity index (χ3n) is 3.05. The number of nitrogens with one attached hydrogen (secondary N) is 1. The minimum Gasteiger partial charge on any atom is -0.314 e. The van der Waals surface area contributed by atoms with Crippen molar-refractivity contribution in [3.8, 4) is 0 Å². The molecule has 14 heavy (non-hydrogen) atoms. The minimum atomic E-state index is 1.17. The number of hydrogen-bond acceptors (Lipinski definition) is 3. The molecule has 1 saturated heterocycles. The van der Waals surface area contributed by atoms with Crippen LogP contribution in [0.25, 0.3) is 0 Å². The molecule has 0 spiro atoms. The fraction of sp³-hybridized carbons (Fsp3) is 0.818. The van der Waals surface area contributed by atoms with Gasteiger partial charge in [0, 0.05) is 45.8 Å². The SMILES string of the molecule is C1=CCN(CCCN2CCNCC2)C1. The highest BCUT2D eigenvalue weighted by molar-refractivity contribution is 4.95. The van der Waals surface area contributed by atoms with Crippen molar-refractivity contribution in [2.45, 2.75) is 6.42 Å². The van der Waals surface area contributed by atoms with E-state index in [9.17, 15) is 0 Å². The maximum absolute atomic E-state index is 3.38. The van der Waals surface area contributed by atoms with Gasteiger partial charge in [-0.25, -0.2) is 0 Å². The van der Waals surface area contributed by atoms with Crippen LogP contribution in [0.15, 0.2) is 12.2 Å². The van der Waals surface area contributed by atoms with Gasteiger partial charge in [-0.2, -0.15) is 0 Å². The largest absolute Gasteiger partial charge is 0.314 e. The Balaban J connectivity index is 1.53. The third-order valence-corrected chi connectivity index (χ3v) is 3.05. The lowest BCUT2D eigenvalue weighted by Crippen LogP contribution is -2.44. The first kappa shape index (κ1) is 10.1. The van der Waals surface area contributed by atoms with Gasteiger partial charge < -0.3 is 10.2 Å². The van der Waals surface area contributed by atoms with E-state index in [2.05, 4.69) is 27.3 Å². The van der Waals surface area contributed by atoms with E-state index in [1.807, 2.05) is 0 Å². The normalized spacial score (nSPS) is 24.6. The summed E-state index contributed by atoms with van der Waals surface area (Å²) in [5.41, 5.74) is 0. The third kappa shape index (κ3) is 3.08. The molecule has 1 fully saturated rings. The predicted molar refractivity (Wildman–Crippen MR) is 59.5 cm³/mol. The Morgan fingerprint density at radius 2 is 1.57 bits per heavy atom. The summed E-state index contributed by atoms with van der Waals surface area (Å²) in [6, 6.07) is 0. The lowest BCUT2D eigenvalue weighted by atomic mass is 10.3. The van der Waals surface area contributed by atoms with Crippen LogP contribution in [0.3, 0.4) is 0 Å². The molecule has 0 atom stereocenters. The molecule has 0 amide bonds. The molecule has 0 bridgehead atoms. The first-order valence-electron chi connectivity index (χ1n) is 5.75. The minimum absolute atomic E-state index is 1.17. The van der Waals surface area contributed by atoms with Gasteiger partial charge in [-0.15, -0.1) is 0 Å². The summed E-state index contributed by atoms with van der Waals surface area (Å²) in [7, 11) is 0. The van der Waals surface area contributed by atoms with Crippen LogP contribution in [-0.2, 0) is 0 Å². The monoisotopic (exact) mass is 195 g/mol. The van der Waals surface area contributed by atoms with Crippen LogP contribution >= 0.6 is 0 Å². The van der Waals surface area contributed by atoms with E-state index < -0.39 is 0 Å². The molecule has 2 rings (SSSR count). The van der Waals surface area contributed by atoms with Crippen molar-refractivity contribution >= 4 is 0 Å². The molecule has 2 heterocycles. The molecule has 1 N–H and O–H groups in total. The zero-order valence-corrected chi connectivity index (χ0v) is 8.91. The zero-order chi connectivity index (χ0) is 9.64. The van der Waals surface area contributed by atoms with Crippen LogP contribution in [-0.4, -0.2) is 62.2 Å². The Morgan fingerprint density at radius 1 is 0.929 bits per heavy atom. The van der Waals surface area contributed by atoms with Gasteiger partial charge in [-0.1, -0.05) is 12.2 Å². The van der Waals surface area contributed by atoms with E-state index in [-0.39, 0.29) is 0 Å². The average Bonchev–Trinajstić information content (AvgIpc) is 2.72. The summed E-state index contributed by atoms with van der Waals surface area (Å²) < 4.78 is 0. The fourth-order valence-corrected chi connectivity index (χ4v) is 2.16. The molecule has 80 valence electrons. The van der Waals surface area contributed by atoms with Crippen molar-refractivity contribution in [3.63, 3.8) is 0 Å². The van der Waals surface area contributed by atoms with Crippen LogP contribution < -0.4 is 5.32 Å². The standard InChI is InChI=1S/C11H21N3/c1-2-7-13(6-1)8-3-9-14-10-4-12-5-11-14/h1-2,12H,3-11H2. The molecular weight excluding hydrogens is 174 g/mol. The number of piperazine rings is 1. The number of hydrogen-bond donors (Lipinski definition) is 1. The summed E-state index contributed by atoms with van der Waals surface area (Å²) >= 11 is 0. The van der Waals surface area contributed by atoms with Crippen LogP contribution in [0.1, 0.15) is 6.42 Å². The van der Waals surface area contributed by atoms with Gasteiger partial charge in [0.25, 0.3) is 0 Å². The van der Waals surface area contributed by atoms with Crippen molar-refractivity contribution in [2.75, 3.05) is 52.4 Å². The Hall–Kier alpha value is -0.380. The van der Waals surface area contributed by atoms with Crippen LogP contribution in [0, 0.1) is 0 Å². The first-order valence-corrected chi connectivity index (χ1v) is 5.75. The Morgan fingerprint density at radius 3 is 2.29 bits per heavy atom. The molecule has 2 aliphatic rings. The van der Waals surface area contributed by atoms with Gasteiger partial charge >= 0.3 is 0 Å². The second-order valence-corrected chi connectivity index (χ2v) is 4.18. The highest BCUT2D eigenvalue weighted by Gasteiger charge is 2.10. The molecular formula is C11H21N3. The maximum Gasteiger partial charge on any atom is 0.0166 e. The summed E-state index contributed by atoms with van der Waals surface area (Å²) in [4.78, 5) is 5.07. The molecule has 3 nitrogen and oxygen atoms in total. The van der Waals surface area contributed by atoms with E-state index in [1.165, 1.54) is 58.8 Å². The van der Waals surface area contributed by atoms with E-state index in [0.29, 0.717) is 0 Å². The highest BCUT2D eigenvalue weighted by Crippen LogP contribution is 2.01. The second kappa shape index (κ2) is 5.49. The van der Waals surface area contributed by atoms with Gasteiger partial charge in [0.15, 0.2) is 0 Å². The van der Waals surface area contributed by atoms with Gasteiger partial charge in [0.1, 0.15) is 0 Å². The summed E-state index contributed by atoms with van der Waals surface area (Å²) in [5.74, 6) is 0. The molecule has 3 heteroatoms. The highest BCUT2D eigenvalue weighted by atomic mass is 15.2. The molecule has 0 aliphatic carbocycles.